The number of rotatable bonds is 4. The van der Waals surface area contributed by atoms with Gasteiger partial charge in [-0.15, -0.1) is 24.0 Å². The Labute approximate surface area is 194 Å². The summed E-state index contributed by atoms with van der Waals surface area (Å²) in [5, 5.41) is 7.74. The highest BCUT2D eigenvalue weighted by atomic mass is 127. The van der Waals surface area contributed by atoms with Crippen molar-refractivity contribution in [1.82, 2.24) is 15.5 Å². The van der Waals surface area contributed by atoms with E-state index in [1.165, 1.54) is 83.7 Å². The zero-order chi connectivity index (χ0) is 19.0. The van der Waals surface area contributed by atoms with Crippen molar-refractivity contribution in [2.75, 3.05) is 26.2 Å². The molecule has 3 saturated carbocycles. The molecule has 0 aromatic rings. The average Bonchev–Trinajstić information content (AvgIpc) is 3.48. The molecule has 3 atom stereocenters. The first-order chi connectivity index (χ1) is 13.8. The first-order valence-electron chi connectivity index (χ1n) is 12.2. The Morgan fingerprint density at radius 3 is 2.41 bits per heavy atom. The van der Waals surface area contributed by atoms with Crippen LogP contribution in [0.15, 0.2) is 4.99 Å². The van der Waals surface area contributed by atoms with E-state index in [-0.39, 0.29) is 24.0 Å². The number of fused-ring (bicyclic) bond motifs is 2. The predicted octanol–water partition coefficient (Wildman–Crippen LogP) is 3.91. The fraction of sp³-hybridized carbons (Fsp3) is 0.957. The molecule has 0 aromatic heterocycles. The SMILES string of the molecule is CCN=C(NC1CCN(C2CCCC2)CC1)NC1C2CCOC2C12CCCC2.I. The monoisotopic (exact) mass is 516 g/mol. The smallest absolute Gasteiger partial charge is 0.191 e. The molecule has 5 fully saturated rings. The van der Waals surface area contributed by atoms with Gasteiger partial charge in [-0.1, -0.05) is 25.7 Å². The highest BCUT2D eigenvalue weighted by Gasteiger charge is 2.65. The molecule has 2 heterocycles. The average molecular weight is 517 g/mol. The number of piperidine rings is 1. The van der Waals surface area contributed by atoms with Crippen LogP contribution in [-0.2, 0) is 4.74 Å². The minimum absolute atomic E-state index is 0. The van der Waals surface area contributed by atoms with Crippen molar-refractivity contribution < 1.29 is 4.74 Å². The molecule has 2 saturated heterocycles. The zero-order valence-electron chi connectivity index (χ0n) is 18.2. The van der Waals surface area contributed by atoms with E-state index < -0.39 is 0 Å². The summed E-state index contributed by atoms with van der Waals surface area (Å²) in [7, 11) is 0. The van der Waals surface area contributed by atoms with E-state index in [2.05, 4.69) is 22.5 Å². The van der Waals surface area contributed by atoms with Crippen molar-refractivity contribution in [3.8, 4) is 0 Å². The molecule has 0 aromatic carbocycles. The largest absolute Gasteiger partial charge is 0.377 e. The maximum atomic E-state index is 6.17. The van der Waals surface area contributed by atoms with Gasteiger partial charge in [0.1, 0.15) is 0 Å². The third-order valence-electron chi connectivity index (χ3n) is 8.61. The van der Waals surface area contributed by atoms with Gasteiger partial charge in [-0.25, -0.2) is 0 Å². The molecule has 5 nitrogen and oxygen atoms in total. The van der Waals surface area contributed by atoms with Gasteiger partial charge in [0.25, 0.3) is 0 Å². The van der Waals surface area contributed by atoms with Gasteiger partial charge in [-0.2, -0.15) is 0 Å². The molecule has 166 valence electrons. The Kier molecular flexibility index (Phi) is 7.32. The molecule has 5 aliphatic rings. The Bertz CT molecular complexity index is 565. The van der Waals surface area contributed by atoms with Gasteiger partial charge < -0.3 is 20.3 Å². The quantitative estimate of drug-likeness (QED) is 0.338. The maximum Gasteiger partial charge on any atom is 0.191 e. The van der Waals surface area contributed by atoms with Crippen LogP contribution in [0.5, 0.6) is 0 Å². The lowest BCUT2D eigenvalue weighted by molar-refractivity contribution is -0.125. The number of ether oxygens (including phenoxy) is 1. The molecule has 2 N–H and O–H groups in total. The number of hydrogen-bond donors (Lipinski definition) is 2. The minimum Gasteiger partial charge on any atom is -0.377 e. The molecule has 5 rings (SSSR count). The number of halogens is 1. The van der Waals surface area contributed by atoms with E-state index in [0.29, 0.717) is 29.5 Å². The number of aliphatic imine (C=N–C) groups is 1. The van der Waals surface area contributed by atoms with E-state index in [0.717, 1.165) is 25.2 Å². The molecule has 1 spiro atoms. The van der Waals surface area contributed by atoms with Gasteiger partial charge in [0.15, 0.2) is 5.96 Å². The second-order valence-corrected chi connectivity index (χ2v) is 10.0. The van der Waals surface area contributed by atoms with Crippen LogP contribution in [0.1, 0.15) is 77.6 Å². The molecule has 0 amide bonds. The topological polar surface area (TPSA) is 48.9 Å². The molecule has 3 unspecified atom stereocenters. The first-order valence-corrected chi connectivity index (χ1v) is 12.2. The van der Waals surface area contributed by atoms with Crippen LogP contribution in [0.2, 0.25) is 0 Å². The fourth-order valence-corrected chi connectivity index (χ4v) is 7.21. The summed E-state index contributed by atoms with van der Waals surface area (Å²) in [4.78, 5) is 7.60. The van der Waals surface area contributed by atoms with Crippen LogP contribution in [0.25, 0.3) is 0 Å². The van der Waals surface area contributed by atoms with Crippen molar-refractivity contribution in [3.63, 3.8) is 0 Å². The van der Waals surface area contributed by atoms with Gasteiger partial charge >= 0.3 is 0 Å². The lowest BCUT2D eigenvalue weighted by Crippen LogP contribution is -2.69. The molecule has 3 aliphatic carbocycles. The van der Waals surface area contributed by atoms with E-state index in [9.17, 15) is 0 Å². The van der Waals surface area contributed by atoms with Crippen molar-refractivity contribution in [2.24, 2.45) is 16.3 Å². The van der Waals surface area contributed by atoms with Crippen molar-refractivity contribution in [1.29, 1.82) is 0 Å². The van der Waals surface area contributed by atoms with E-state index >= 15 is 0 Å². The lowest BCUT2D eigenvalue weighted by Gasteiger charge is -2.57. The van der Waals surface area contributed by atoms with Crippen LogP contribution in [0.4, 0.5) is 0 Å². The van der Waals surface area contributed by atoms with Crippen molar-refractivity contribution in [2.45, 2.75) is 102 Å². The standard InChI is InChI=1S/C23H40N4O.HI/c1-2-24-22(25-17-9-14-27(15-10-17)18-7-3-4-8-18)26-20-19-11-16-28-21(19)23(20)12-5-6-13-23;/h17-21H,2-16H2,1H3,(H2,24,25,26);1H. The number of likely N-dealkylation sites (tertiary alicyclic amines) is 1. The van der Waals surface area contributed by atoms with Gasteiger partial charge in [0.2, 0.25) is 0 Å². The van der Waals surface area contributed by atoms with Crippen LogP contribution < -0.4 is 10.6 Å². The van der Waals surface area contributed by atoms with Crippen molar-refractivity contribution >= 4 is 29.9 Å². The second-order valence-electron chi connectivity index (χ2n) is 10.0. The Morgan fingerprint density at radius 2 is 1.72 bits per heavy atom. The third kappa shape index (κ3) is 4.19. The van der Waals surface area contributed by atoms with E-state index in [4.69, 9.17) is 9.73 Å². The van der Waals surface area contributed by atoms with Gasteiger partial charge in [-0.3, -0.25) is 4.99 Å². The van der Waals surface area contributed by atoms with Crippen LogP contribution in [0, 0.1) is 11.3 Å². The lowest BCUT2D eigenvalue weighted by atomic mass is 9.54. The highest BCUT2D eigenvalue weighted by Crippen LogP contribution is 2.60. The second kappa shape index (κ2) is 9.60. The van der Waals surface area contributed by atoms with Gasteiger partial charge in [0, 0.05) is 55.7 Å². The molecule has 0 radical (unpaired) electrons. The fourth-order valence-electron chi connectivity index (χ4n) is 7.21. The Hall–Kier alpha value is -0.0800. The van der Waals surface area contributed by atoms with Crippen molar-refractivity contribution in [3.05, 3.63) is 0 Å². The molecule has 0 bridgehead atoms. The molecule has 29 heavy (non-hydrogen) atoms. The first kappa shape index (κ1) is 22.1. The number of hydrogen-bond acceptors (Lipinski definition) is 3. The van der Waals surface area contributed by atoms with Gasteiger partial charge in [-0.05, 0) is 51.9 Å². The number of nitrogens with one attached hydrogen (secondary N) is 2. The van der Waals surface area contributed by atoms with E-state index in [1.807, 2.05) is 0 Å². The summed E-state index contributed by atoms with van der Waals surface area (Å²) in [6.45, 7) is 6.48. The Balaban J connectivity index is 0.00000205. The highest BCUT2D eigenvalue weighted by molar-refractivity contribution is 14.0. The summed E-state index contributed by atoms with van der Waals surface area (Å²) in [6, 6.07) is 2.02. The predicted molar refractivity (Wildman–Crippen MR) is 129 cm³/mol. The van der Waals surface area contributed by atoms with Crippen LogP contribution in [-0.4, -0.2) is 61.3 Å². The van der Waals surface area contributed by atoms with Crippen LogP contribution >= 0.6 is 24.0 Å². The summed E-state index contributed by atoms with van der Waals surface area (Å²) < 4.78 is 6.17. The molecular weight excluding hydrogens is 475 g/mol. The van der Waals surface area contributed by atoms with E-state index in [1.54, 1.807) is 0 Å². The zero-order valence-corrected chi connectivity index (χ0v) is 20.5. The summed E-state index contributed by atoms with van der Waals surface area (Å²) in [5.41, 5.74) is 0.392. The summed E-state index contributed by atoms with van der Waals surface area (Å²) in [5.74, 6) is 1.77. The molecule has 2 aliphatic heterocycles. The Morgan fingerprint density at radius 1 is 1.00 bits per heavy atom. The maximum absolute atomic E-state index is 6.17. The summed E-state index contributed by atoms with van der Waals surface area (Å²) in [6.07, 6.45) is 15.4. The normalized spacial score (nSPS) is 35.3. The minimum atomic E-state index is 0. The third-order valence-corrected chi connectivity index (χ3v) is 8.61. The molecule has 6 heteroatoms. The number of nitrogens with zero attached hydrogens (tertiary/aromatic N) is 2. The molecular formula is C23H41IN4O. The number of guanidine groups is 1. The summed E-state index contributed by atoms with van der Waals surface area (Å²) >= 11 is 0. The van der Waals surface area contributed by atoms with Gasteiger partial charge in [0.05, 0.1) is 6.10 Å². The van der Waals surface area contributed by atoms with Crippen LogP contribution in [0.3, 0.4) is 0 Å².